The first-order valence-electron chi connectivity index (χ1n) is 6.52. The van der Waals surface area contributed by atoms with Crippen molar-refractivity contribution in [3.63, 3.8) is 0 Å². The van der Waals surface area contributed by atoms with Crippen molar-refractivity contribution in [2.45, 2.75) is 24.8 Å². The Hall–Kier alpha value is -1.75. The third-order valence-corrected chi connectivity index (χ3v) is 4.14. The molecule has 2 aliphatic rings. The molecule has 5 nitrogen and oxygen atoms in total. The van der Waals surface area contributed by atoms with Gasteiger partial charge in [0.25, 0.3) is 0 Å². The molecular formula is C14H18N2O3. The Labute approximate surface area is 112 Å². The minimum Gasteiger partial charge on any atom is -0.493 e. The molecule has 1 aromatic carbocycles. The topological polar surface area (TPSA) is 75.8 Å². The zero-order chi connectivity index (χ0) is 13.6. The van der Waals surface area contributed by atoms with Crippen molar-refractivity contribution in [1.29, 1.82) is 0 Å². The molecule has 0 fully saturated rings. The summed E-state index contributed by atoms with van der Waals surface area (Å²) >= 11 is 0. The minimum absolute atomic E-state index is 0.370. The van der Waals surface area contributed by atoms with E-state index in [2.05, 4.69) is 4.90 Å². The highest BCUT2D eigenvalue weighted by molar-refractivity contribution is 5.80. The third-order valence-electron chi connectivity index (χ3n) is 4.14. The molecule has 0 bridgehead atoms. The van der Waals surface area contributed by atoms with Crippen LogP contribution in [0.1, 0.15) is 17.5 Å². The molecule has 0 spiro atoms. The van der Waals surface area contributed by atoms with Crippen molar-refractivity contribution < 1.29 is 14.6 Å². The Morgan fingerprint density at radius 2 is 2.32 bits per heavy atom. The predicted molar refractivity (Wildman–Crippen MR) is 71.8 cm³/mol. The van der Waals surface area contributed by atoms with Gasteiger partial charge in [-0.05, 0) is 18.1 Å². The van der Waals surface area contributed by atoms with Gasteiger partial charge in [-0.3, -0.25) is 4.79 Å². The van der Waals surface area contributed by atoms with Gasteiger partial charge in [0.2, 0.25) is 0 Å². The standard InChI is InChI=1S/C14H18N2O3/c1-16-6-5-14(15,13(17)18)8-9-2-3-11-10(12(9)16)4-7-19-11/h2-3H,4-8,15H2,1H3,(H,17,18). The van der Waals surface area contributed by atoms with Crippen LogP contribution in [-0.4, -0.2) is 36.8 Å². The van der Waals surface area contributed by atoms with Gasteiger partial charge in [-0.25, -0.2) is 0 Å². The van der Waals surface area contributed by atoms with Crippen LogP contribution in [0.15, 0.2) is 12.1 Å². The van der Waals surface area contributed by atoms with Gasteiger partial charge in [-0.2, -0.15) is 0 Å². The molecule has 2 heterocycles. The maximum Gasteiger partial charge on any atom is 0.324 e. The first-order chi connectivity index (χ1) is 9.01. The van der Waals surface area contributed by atoms with Gasteiger partial charge in [0.1, 0.15) is 11.3 Å². The highest BCUT2D eigenvalue weighted by atomic mass is 16.5. The first-order valence-corrected chi connectivity index (χ1v) is 6.52. The van der Waals surface area contributed by atoms with E-state index in [4.69, 9.17) is 10.5 Å². The summed E-state index contributed by atoms with van der Waals surface area (Å²) in [6, 6.07) is 3.88. The van der Waals surface area contributed by atoms with Crippen molar-refractivity contribution in [2.75, 3.05) is 25.1 Å². The number of carboxylic acids is 1. The van der Waals surface area contributed by atoms with E-state index in [0.29, 0.717) is 26.0 Å². The summed E-state index contributed by atoms with van der Waals surface area (Å²) in [5.74, 6) is -0.00375. The van der Waals surface area contributed by atoms with E-state index < -0.39 is 11.5 Å². The van der Waals surface area contributed by atoms with Gasteiger partial charge in [-0.1, -0.05) is 6.07 Å². The van der Waals surface area contributed by atoms with Gasteiger partial charge >= 0.3 is 5.97 Å². The van der Waals surface area contributed by atoms with Crippen molar-refractivity contribution in [1.82, 2.24) is 0 Å². The average molecular weight is 262 g/mol. The SMILES string of the molecule is CN1CCC(N)(C(=O)O)Cc2ccc3c(c21)CCO3. The molecule has 2 aliphatic heterocycles. The lowest BCUT2D eigenvalue weighted by Gasteiger charge is -2.22. The van der Waals surface area contributed by atoms with E-state index in [1.54, 1.807) is 0 Å². The number of nitrogens with two attached hydrogens (primary N) is 1. The molecule has 1 aromatic rings. The van der Waals surface area contributed by atoms with E-state index in [-0.39, 0.29) is 0 Å². The molecule has 19 heavy (non-hydrogen) atoms. The number of aliphatic carboxylic acids is 1. The van der Waals surface area contributed by atoms with Crippen LogP contribution in [0.4, 0.5) is 5.69 Å². The molecule has 0 amide bonds. The average Bonchev–Trinajstić information content (AvgIpc) is 2.78. The number of benzene rings is 1. The maximum absolute atomic E-state index is 11.4. The lowest BCUT2D eigenvalue weighted by molar-refractivity contribution is -0.143. The van der Waals surface area contributed by atoms with Crippen molar-refractivity contribution in [3.8, 4) is 5.75 Å². The van der Waals surface area contributed by atoms with E-state index in [0.717, 1.165) is 23.4 Å². The quantitative estimate of drug-likeness (QED) is 0.782. The van der Waals surface area contributed by atoms with Crippen LogP contribution < -0.4 is 15.4 Å². The summed E-state index contributed by atoms with van der Waals surface area (Å²) in [4.78, 5) is 13.5. The number of rotatable bonds is 1. The number of fused-ring (bicyclic) bond motifs is 3. The van der Waals surface area contributed by atoms with Crippen LogP contribution in [0.25, 0.3) is 0 Å². The molecule has 0 radical (unpaired) electrons. The molecule has 1 atom stereocenters. The van der Waals surface area contributed by atoms with Crippen LogP contribution in [-0.2, 0) is 17.6 Å². The molecule has 0 aliphatic carbocycles. The van der Waals surface area contributed by atoms with Crippen LogP contribution in [0.2, 0.25) is 0 Å². The molecule has 0 saturated heterocycles. The number of hydrogen-bond donors (Lipinski definition) is 2. The first kappa shape index (κ1) is 12.3. The Morgan fingerprint density at radius 1 is 1.53 bits per heavy atom. The summed E-state index contributed by atoms with van der Waals surface area (Å²) in [7, 11) is 1.99. The molecule has 102 valence electrons. The van der Waals surface area contributed by atoms with E-state index in [9.17, 15) is 9.90 Å². The van der Waals surface area contributed by atoms with Gasteiger partial charge in [0.15, 0.2) is 0 Å². The second kappa shape index (κ2) is 4.13. The monoisotopic (exact) mass is 262 g/mol. The fraction of sp³-hybridized carbons (Fsp3) is 0.500. The summed E-state index contributed by atoms with van der Waals surface area (Å²) in [5.41, 5.74) is 8.21. The zero-order valence-corrected chi connectivity index (χ0v) is 11.0. The number of ether oxygens (including phenoxy) is 1. The van der Waals surface area contributed by atoms with Crippen molar-refractivity contribution in [2.24, 2.45) is 5.73 Å². The molecule has 5 heteroatoms. The molecule has 0 saturated carbocycles. The summed E-state index contributed by atoms with van der Waals surface area (Å²) < 4.78 is 5.58. The molecular weight excluding hydrogens is 244 g/mol. The fourth-order valence-electron chi connectivity index (χ4n) is 3.01. The van der Waals surface area contributed by atoms with Gasteiger partial charge in [0, 0.05) is 37.7 Å². The Kier molecular flexibility index (Phi) is 2.67. The van der Waals surface area contributed by atoms with Crippen LogP contribution in [0.3, 0.4) is 0 Å². The minimum atomic E-state index is -1.17. The third kappa shape index (κ3) is 1.85. The molecule has 0 aromatic heterocycles. The number of anilines is 1. The van der Waals surface area contributed by atoms with Crippen molar-refractivity contribution in [3.05, 3.63) is 23.3 Å². The van der Waals surface area contributed by atoms with Crippen molar-refractivity contribution >= 4 is 11.7 Å². The highest BCUT2D eigenvalue weighted by Crippen LogP contribution is 2.39. The van der Waals surface area contributed by atoms with Gasteiger partial charge < -0.3 is 20.5 Å². The molecule has 1 unspecified atom stereocenters. The molecule has 3 rings (SSSR count). The largest absolute Gasteiger partial charge is 0.493 e. The van der Waals surface area contributed by atoms with Crippen LogP contribution in [0.5, 0.6) is 5.75 Å². The lowest BCUT2D eigenvalue weighted by Crippen LogP contribution is -2.50. The summed E-state index contributed by atoms with van der Waals surface area (Å²) in [6.07, 6.45) is 1.70. The Balaban J connectivity index is 2.10. The van der Waals surface area contributed by atoms with Gasteiger partial charge in [-0.15, -0.1) is 0 Å². The predicted octanol–water partition coefficient (Wildman–Crippen LogP) is 0.786. The molecule has 3 N–H and O–H groups in total. The second-order valence-corrected chi connectivity index (χ2v) is 5.46. The number of carboxylic acid groups (broad SMARTS) is 1. The number of hydrogen-bond acceptors (Lipinski definition) is 4. The van der Waals surface area contributed by atoms with E-state index in [1.807, 2.05) is 19.2 Å². The van der Waals surface area contributed by atoms with E-state index >= 15 is 0 Å². The van der Waals surface area contributed by atoms with E-state index in [1.165, 1.54) is 5.56 Å². The van der Waals surface area contributed by atoms with Crippen LogP contribution in [0, 0.1) is 0 Å². The zero-order valence-electron chi connectivity index (χ0n) is 11.0. The number of nitrogens with zero attached hydrogens (tertiary/aromatic N) is 1. The summed E-state index contributed by atoms with van der Waals surface area (Å²) in [6.45, 7) is 1.35. The fourth-order valence-corrected chi connectivity index (χ4v) is 3.01. The smallest absolute Gasteiger partial charge is 0.324 e. The normalized spacial score (nSPS) is 25.3. The van der Waals surface area contributed by atoms with Crippen LogP contribution >= 0.6 is 0 Å². The maximum atomic E-state index is 11.4. The highest BCUT2D eigenvalue weighted by Gasteiger charge is 2.38. The lowest BCUT2D eigenvalue weighted by atomic mass is 9.88. The Bertz CT molecular complexity index is 544. The van der Waals surface area contributed by atoms with Gasteiger partial charge in [0.05, 0.1) is 6.61 Å². The number of carbonyl (C=O) groups is 1. The summed E-state index contributed by atoms with van der Waals surface area (Å²) in [5, 5.41) is 9.36. The Morgan fingerprint density at radius 3 is 3.05 bits per heavy atom. The second-order valence-electron chi connectivity index (χ2n) is 5.46.